The molecule has 0 bridgehead atoms. The Hall–Kier alpha value is -0.770. The Kier molecular flexibility index (Phi) is 3.10. The van der Waals surface area contributed by atoms with Crippen LogP contribution in [0.15, 0.2) is 0 Å². The lowest BCUT2D eigenvalue weighted by Gasteiger charge is -2.22. The Morgan fingerprint density at radius 3 is 2.38 bits per heavy atom. The smallest absolute Gasteiger partial charge is 0.319 e. The highest BCUT2D eigenvalue weighted by atomic mass is 16.5. The number of carbonyl (C=O) groups excluding carboxylic acids is 1. The normalized spacial score (nSPS) is 36.4. The fourth-order valence-corrected chi connectivity index (χ4v) is 3.02. The summed E-state index contributed by atoms with van der Waals surface area (Å²) in [6, 6.07) is -0.0390. The molecule has 0 radical (unpaired) electrons. The van der Waals surface area contributed by atoms with Crippen molar-refractivity contribution in [1.29, 1.82) is 0 Å². The molecule has 0 aliphatic heterocycles. The van der Waals surface area contributed by atoms with Crippen LogP contribution in [0.3, 0.4) is 0 Å². The van der Waals surface area contributed by atoms with Crippen LogP contribution in [0.1, 0.15) is 32.6 Å². The van der Waals surface area contributed by atoms with Gasteiger partial charge in [-0.25, -0.2) is 4.79 Å². The molecule has 0 spiro atoms. The Balaban J connectivity index is 2.03. The number of nitrogens with zero attached hydrogens (tertiary/aromatic N) is 1. The lowest BCUT2D eigenvalue weighted by molar-refractivity contribution is 0.000220. The molecule has 0 heterocycles. The van der Waals surface area contributed by atoms with Crippen molar-refractivity contribution in [3.8, 4) is 0 Å². The molecule has 2 rings (SSSR count). The van der Waals surface area contributed by atoms with Crippen LogP contribution >= 0.6 is 0 Å². The second kappa shape index (κ2) is 4.24. The second-order valence-electron chi connectivity index (χ2n) is 5.05. The second-order valence-corrected chi connectivity index (χ2v) is 5.05. The molecule has 16 heavy (non-hydrogen) atoms. The maximum Gasteiger partial charge on any atom is 0.319 e. The molecule has 1 N–H and O–H groups in total. The van der Waals surface area contributed by atoms with Crippen LogP contribution in [-0.2, 0) is 4.74 Å². The molecule has 2 atom stereocenters. The number of rotatable bonds is 3. The summed E-state index contributed by atoms with van der Waals surface area (Å²) < 4.78 is 5.85. The van der Waals surface area contributed by atoms with Gasteiger partial charge in [-0.15, -0.1) is 0 Å². The van der Waals surface area contributed by atoms with Gasteiger partial charge in [0.25, 0.3) is 0 Å². The van der Waals surface area contributed by atoms with Gasteiger partial charge in [-0.3, -0.25) is 0 Å². The zero-order valence-corrected chi connectivity index (χ0v) is 10.5. The van der Waals surface area contributed by atoms with Gasteiger partial charge >= 0.3 is 6.03 Å². The van der Waals surface area contributed by atoms with E-state index < -0.39 is 0 Å². The van der Waals surface area contributed by atoms with E-state index in [1.54, 1.807) is 19.0 Å². The molecule has 2 fully saturated rings. The van der Waals surface area contributed by atoms with Crippen molar-refractivity contribution >= 4 is 6.03 Å². The molecule has 2 aliphatic carbocycles. The molecule has 4 heteroatoms. The van der Waals surface area contributed by atoms with E-state index in [0.717, 1.165) is 0 Å². The van der Waals surface area contributed by atoms with E-state index in [2.05, 4.69) is 5.32 Å². The maximum atomic E-state index is 11.8. The molecule has 0 aromatic carbocycles. The van der Waals surface area contributed by atoms with Crippen LogP contribution < -0.4 is 5.32 Å². The molecule has 2 aliphatic rings. The van der Waals surface area contributed by atoms with Crippen LogP contribution in [0.4, 0.5) is 4.79 Å². The van der Waals surface area contributed by atoms with Gasteiger partial charge in [0, 0.05) is 32.5 Å². The molecule has 2 amide bonds. The molecule has 0 aromatic rings. The quantitative estimate of drug-likeness (QED) is 0.746. The number of nitrogens with one attached hydrogen (secondary N) is 1. The van der Waals surface area contributed by atoms with Crippen LogP contribution in [0.25, 0.3) is 0 Å². The van der Waals surface area contributed by atoms with E-state index >= 15 is 0 Å². The van der Waals surface area contributed by atoms with Gasteiger partial charge in [-0.2, -0.15) is 0 Å². The van der Waals surface area contributed by atoms with Crippen LogP contribution in [-0.4, -0.2) is 37.4 Å². The summed E-state index contributed by atoms with van der Waals surface area (Å²) in [6.45, 7) is 2.66. The summed E-state index contributed by atoms with van der Waals surface area (Å²) >= 11 is 0. The monoisotopic (exact) mass is 226 g/mol. The highest BCUT2D eigenvalue weighted by Crippen LogP contribution is 2.59. The summed E-state index contributed by atoms with van der Waals surface area (Å²) in [5.74, 6) is 1.09. The molecular weight excluding hydrogens is 204 g/mol. The van der Waals surface area contributed by atoms with Gasteiger partial charge in [0.1, 0.15) is 5.72 Å². The first-order chi connectivity index (χ1) is 7.62. The van der Waals surface area contributed by atoms with E-state index in [9.17, 15) is 4.79 Å². The fourth-order valence-electron chi connectivity index (χ4n) is 3.02. The minimum atomic E-state index is -0.341. The molecular formula is C12H22N2O2. The average molecular weight is 226 g/mol. The standard InChI is InChI=1S/C12H22N2O2/c1-4-16-12(13-11(15)14(2)3)9-7-5-6-8-10(9)12/h9-10H,4-8H2,1-3H3,(H,13,15). The SMILES string of the molecule is CCOC1(NC(=O)N(C)C)C2CCCCC21. The third kappa shape index (κ3) is 1.79. The largest absolute Gasteiger partial charge is 0.355 e. The van der Waals surface area contributed by atoms with Crippen molar-refractivity contribution in [2.75, 3.05) is 20.7 Å². The van der Waals surface area contributed by atoms with Crippen molar-refractivity contribution < 1.29 is 9.53 Å². The van der Waals surface area contributed by atoms with E-state index in [4.69, 9.17) is 4.74 Å². The van der Waals surface area contributed by atoms with Crippen LogP contribution in [0.5, 0.6) is 0 Å². The Bertz CT molecular complexity index is 266. The van der Waals surface area contributed by atoms with Gasteiger partial charge in [-0.1, -0.05) is 12.8 Å². The summed E-state index contributed by atoms with van der Waals surface area (Å²) in [4.78, 5) is 13.3. The number of hydrogen-bond acceptors (Lipinski definition) is 2. The van der Waals surface area contributed by atoms with Gasteiger partial charge in [0.2, 0.25) is 0 Å². The average Bonchev–Trinajstić information content (AvgIpc) is 2.87. The molecule has 0 aromatic heterocycles. The third-order valence-electron chi connectivity index (χ3n) is 3.85. The minimum Gasteiger partial charge on any atom is -0.355 e. The van der Waals surface area contributed by atoms with Crippen molar-refractivity contribution in [1.82, 2.24) is 10.2 Å². The van der Waals surface area contributed by atoms with Crippen molar-refractivity contribution in [3.63, 3.8) is 0 Å². The van der Waals surface area contributed by atoms with Crippen LogP contribution in [0.2, 0.25) is 0 Å². The minimum absolute atomic E-state index is 0.0390. The lowest BCUT2D eigenvalue weighted by atomic mass is 10.0. The Labute approximate surface area is 97.3 Å². The number of ether oxygens (including phenoxy) is 1. The topological polar surface area (TPSA) is 41.6 Å². The van der Waals surface area contributed by atoms with E-state index in [1.807, 2.05) is 6.92 Å². The molecule has 2 saturated carbocycles. The van der Waals surface area contributed by atoms with Crippen molar-refractivity contribution in [2.45, 2.75) is 38.3 Å². The fraction of sp³-hybridized carbons (Fsp3) is 0.917. The number of hydrogen-bond donors (Lipinski definition) is 1. The summed E-state index contributed by atoms with van der Waals surface area (Å²) in [5.41, 5.74) is -0.341. The first-order valence-electron chi connectivity index (χ1n) is 6.25. The molecule has 92 valence electrons. The highest BCUT2D eigenvalue weighted by Gasteiger charge is 2.67. The third-order valence-corrected chi connectivity index (χ3v) is 3.85. The predicted molar refractivity (Wildman–Crippen MR) is 62.0 cm³/mol. The summed E-state index contributed by atoms with van der Waals surface area (Å²) in [6.07, 6.45) is 4.93. The Morgan fingerprint density at radius 2 is 1.94 bits per heavy atom. The van der Waals surface area contributed by atoms with Gasteiger partial charge in [-0.05, 0) is 19.8 Å². The van der Waals surface area contributed by atoms with Crippen molar-refractivity contribution in [3.05, 3.63) is 0 Å². The first-order valence-corrected chi connectivity index (χ1v) is 6.25. The molecule has 0 saturated heterocycles. The zero-order valence-electron chi connectivity index (χ0n) is 10.5. The number of fused-ring (bicyclic) bond motifs is 1. The summed E-state index contributed by atoms with van der Waals surface area (Å²) in [7, 11) is 3.53. The van der Waals surface area contributed by atoms with Gasteiger partial charge in [0.05, 0.1) is 0 Å². The van der Waals surface area contributed by atoms with E-state index in [-0.39, 0.29) is 11.8 Å². The van der Waals surface area contributed by atoms with E-state index in [0.29, 0.717) is 18.4 Å². The van der Waals surface area contributed by atoms with Gasteiger partial charge < -0.3 is 15.0 Å². The van der Waals surface area contributed by atoms with E-state index in [1.165, 1.54) is 25.7 Å². The van der Waals surface area contributed by atoms with Gasteiger partial charge in [0.15, 0.2) is 0 Å². The van der Waals surface area contributed by atoms with Crippen LogP contribution in [0, 0.1) is 11.8 Å². The van der Waals surface area contributed by atoms with Crippen molar-refractivity contribution in [2.24, 2.45) is 11.8 Å². The first kappa shape index (κ1) is 11.7. The molecule has 4 nitrogen and oxygen atoms in total. The predicted octanol–water partition coefficient (Wildman–Crippen LogP) is 1.81. The highest BCUT2D eigenvalue weighted by molar-refractivity contribution is 5.75. The Morgan fingerprint density at radius 1 is 1.38 bits per heavy atom. The number of amides is 2. The summed E-state index contributed by atoms with van der Waals surface area (Å²) in [5, 5.41) is 3.07. The number of carbonyl (C=O) groups is 1. The lowest BCUT2D eigenvalue weighted by Crippen LogP contribution is -2.46. The maximum absolute atomic E-state index is 11.8. The zero-order chi connectivity index (χ0) is 11.8. The number of urea groups is 1. The molecule has 2 unspecified atom stereocenters.